The van der Waals surface area contributed by atoms with Crippen LogP contribution in [0, 0.1) is 19.7 Å². The van der Waals surface area contributed by atoms with Crippen molar-refractivity contribution in [2.45, 2.75) is 40.0 Å². The number of halogens is 1. The molecule has 1 atom stereocenters. The fraction of sp³-hybridized carbons (Fsp3) is 0.308. The lowest BCUT2D eigenvalue weighted by molar-refractivity contribution is -0.119. The van der Waals surface area contributed by atoms with Gasteiger partial charge in [0.2, 0.25) is 5.91 Å². The zero-order valence-corrected chi connectivity index (χ0v) is 19.5. The molecule has 1 aliphatic rings. The van der Waals surface area contributed by atoms with Crippen LogP contribution in [-0.2, 0) is 22.6 Å². The number of nitrogens with one attached hydrogen (secondary N) is 2. The van der Waals surface area contributed by atoms with Crippen LogP contribution in [0.5, 0.6) is 0 Å². The summed E-state index contributed by atoms with van der Waals surface area (Å²) in [6, 6.07) is 14.4. The predicted molar refractivity (Wildman–Crippen MR) is 127 cm³/mol. The van der Waals surface area contributed by atoms with Crippen molar-refractivity contribution >= 4 is 17.7 Å². The molecule has 2 amide bonds. The molecule has 0 saturated carbocycles. The normalized spacial score (nSPS) is 15.5. The van der Waals surface area contributed by atoms with Crippen LogP contribution in [-0.4, -0.2) is 31.2 Å². The number of carbonyl (C=O) groups is 2. The smallest absolute Gasteiger partial charge is 0.414 e. The van der Waals surface area contributed by atoms with Crippen molar-refractivity contribution in [1.29, 1.82) is 0 Å². The molecule has 1 fully saturated rings. The fourth-order valence-electron chi connectivity index (χ4n) is 4.00. The molecule has 2 heterocycles. The first-order valence-corrected chi connectivity index (χ1v) is 11.2. The van der Waals surface area contributed by atoms with Crippen LogP contribution in [0.25, 0.3) is 11.1 Å². The van der Waals surface area contributed by atoms with Gasteiger partial charge in [-0.2, -0.15) is 0 Å². The SMILES string of the molecule is CC(=O)NC[C@H]1CN(c2ccc(-c3ccc(CNCc4cc(C)oc4C)cc3)c(F)c2)C(=O)O1. The molecule has 2 N–H and O–H groups in total. The lowest BCUT2D eigenvalue weighted by Gasteiger charge is -2.15. The Bertz CT molecular complexity index is 1190. The number of carbonyl (C=O) groups excluding carboxylic acids is 2. The molecule has 0 spiro atoms. The second-order valence-electron chi connectivity index (χ2n) is 8.46. The summed E-state index contributed by atoms with van der Waals surface area (Å²) in [5, 5.41) is 6.02. The second kappa shape index (κ2) is 10.1. The van der Waals surface area contributed by atoms with Gasteiger partial charge in [0.05, 0.1) is 18.8 Å². The summed E-state index contributed by atoms with van der Waals surface area (Å²) in [6.45, 7) is 7.15. The zero-order chi connectivity index (χ0) is 24.2. The number of benzene rings is 2. The molecule has 178 valence electrons. The van der Waals surface area contributed by atoms with Crippen molar-refractivity contribution in [3.8, 4) is 11.1 Å². The van der Waals surface area contributed by atoms with Crippen LogP contribution in [0.3, 0.4) is 0 Å². The van der Waals surface area contributed by atoms with E-state index in [0.29, 0.717) is 24.3 Å². The minimum Gasteiger partial charge on any atom is -0.466 e. The molecule has 34 heavy (non-hydrogen) atoms. The van der Waals surface area contributed by atoms with Crippen molar-refractivity contribution in [3.05, 3.63) is 77.0 Å². The number of nitrogens with zero attached hydrogens (tertiary/aromatic N) is 1. The first kappa shape index (κ1) is 23.5. The second-order valence-corrected chi connectivity index (χ2v) is 8.46. The van der Waals surface area contributed by atoms with Gasteiger partial charge in [0.15, 0.2) is 0 Å². The van der Waals surface area contributed by atoms with E-state index >= 15 is 0 Å². The molecule has 1 aromatic heterocycles. The van der Waals surface area contributed by atoms with Crippen LogP contribution in [0.15, 0.2) is 52.9 Å². The topological polar surface area (TPSA) is 83.8 Å². The Hall–Kier alpha value is -3.65. The van der Waals surface area contributed by atoms with Gasteiger partial charge in [-0.05, 0) is 49.2 Å². The number of amides is 2. The van der Waals surface area contributed by atoms with Gasteiger partial charge in [-0.15, -0.1) is 0 Å². The van der Waals surface area contributed by atoms with Gasteiger partial charge in [-0.3, -0.25) is 9.69 Å². The van der Waals surface area contributed by atoms with Gasteiger partial charge in [-0.25, -0.2) is 9.18 Å². The number of anilines is 1. The average Bonchev–Trinajstić information content (AvgIpc) is 3.33. The summed E-state index contributed by atoms with van der Waals surface area (Å²) >= 11 is 0. The van der Waals surface area contributed by atoms with Crippen molar-refractivity contribution in [3.63, 3.8) is 0 Å². The summed E-state index contributed by atoms with van der Waals surface area (Å²) in [5.41, 5.74) is 3.85. The fourth-order valence-corrected chi connectivity index (χ4v) is 4.00. The predicted octanol–water partition coefficient (Wildman–Crippen LogP) is 4.45. The van der Waals surface area contributed by atoms with E-state index in [1.54, 1.807) is 12.1 Å². The Morgan fingerprint density at radius 2 is 1.88 bits per heavy atom. The molecule has 8 heteroatoms. The van der Waals surface area contributed by atoms with E-state index in [4.69, 9.17) is 9.15 Å². The van der Waals surface area contributed by atoms with Gasteiger partial charge in [0.1, 0.15) is 23.4 Å². The third-order valence-electron chi connectivity index (χ3n) is 5.77. The van der Waals surface area contributed by atoms with Crippen molar-refractivity contribution < 1.29 is 23.1 Å². The van der Waals surface area contributed by atoms with Crippen LogP contribution < -0.4 is 15.5 Å². The van der Waals surface area contributed by atoms with E-state index in [1.807, 2.05) is 44.2 Å². The van der Waals surface area contributed by atoms with E-state index < -0.39 is 18.0 Å². The van der Waals surface area contributed by atoms with Gasteiger partial charge >= 0.3 is 6.09 Å². The number of hydrogen-bond acceptors (Lipinski definition) is 5. The van der Waals surface area contributed by atoms with E-state index in [-0.39, 0.29) is 19.0 Å². The molecule has 3 aromatic rings. The molecule has 2 aromatic carbocycles. The number of aryl methyl sites for hydroxylation is 2. The summed E-state index contributed by atoms with van der Waals surface area (Å²) in [5.74, 6) is 1.20. The summed E-state index contributed by atoms with van der Waals surface area (Å²) in [4.78, 5) is 24.6. The Labute approximate surface area is 197 Å². The monoisotopic (exact) mass is 465 g/mol. The van der Waals surface area contributed by atoms with Gasteiger partial charge in [0.25, 0.3) is 0 Å². The molecular weight excluding hydrogens is 437 g/mol. The van der Waals surface area contributed by atoms with Crippen molar-refractivity contribution in [1.82, 2.24) is 10.6 Å². The van der Waals surface area contributed by atoms with E-state index in [0.717, 1.165) is 28.2 Å². The highest BCUT2D eigenvalue weighted by atomic mass is 19.1. The van der Waals surface area contributed by atoms with Gasteiger partial charge < -0.3 is 19.8 Å². The number of ether oxygens (including phenoxy) is 1. The highest BCUT2D eigenvalue weighted by Gasteiger charge is 2.32. The Morgan fingerprint density at radius 1 is 1.12 bits per heavy atom. The summed E-state index contributed by atoms with van der Waals surface area (Å²) in [6.07, 6.45) is -1.03. The maximum Gasteiger partial charge on any atom is 0.414 e. The lowest BCUT2D eigenvalue weighted by Crippen LogP contribution is -2.33. The Morgan fingerprint density at radius 3 is 2.53 bits per heavy atom. The maximum absolute atomic E-state index is 14.9. The minimum atomic E-state index is -0.555. The molecule has 0 radical (unpaired) electrons. The third kappa shape index (κ3) is 5.46. The minimum absolute atomic E-state index is 0.199. The largest absolute Gasteiger partial charge is 0.466 e. The Balaban J connectivity index is 1.37. The first-order valence-electron chi connectivity index (χ1n) is 11.2. The summed E-state index contributed by atoms with van der Waals surface area (Å²) in [7, 11) is 0. The molecule has 1 aliphatic heterocycles. The van der Waals surface area contributed by atoms with Crippen LogP contribution in [0.2, 0.25) is 0 Å². The molecule has 0 unspecified atom stereocenters. The van der Waals surface area contributed by atoms with Crippen LogP contribution >= 0.6 is 0 Å². The molecule has 4 rings (SSSR count). The first-order chi connectivity index (χ1) is 16.3. The number of furan rings is 1. The van der Waals surface area contributed by atoms with E-state index in [1.165, 1.54) is 17.9 Å². The van der Waals surface area contributed by atoms with Crippen molar-refractivity contribution in [2.75, 3.05) is 18.0 Å². The highest BCUT2D eigenvalue weighted by molar-refractivity contribution is 5.90. The van der Waals surface area contributed by atoms with Crippen LogP contribution in [0.4, 0.5) is 14.9 Å². The number of cyclic esters (lactones) is 1. The molecule has 7 nitrogen and oxygen atoms in total. The van der Waals surface area contributed by atoms with E-state index in [2.05, 4.69) is 10.6 Å². The van der Waals surface area contributed by atoms with Gasteiger partial charge in [0, 0.05) is 31.1 Å². The molecule has 0 bridgehead atoms. The van der Waals surface area contributed by atoms with E-state index in [9.17, 15) is 14.0 Å². The molecule has 0 aliphatic carbocycles. The maximum atomic E-state index is 14.9. The zero-order valence-electron chi connectivity index (χ0n) is 19.5. The third-order valence-corrected chi connectivity index (χ3v) is 5.77. The highest BCUT2D eigenvalue weighted by Crippen LogP contribution is 2.29. The quantitative estimate of drug-likeness (QED) is 0.513. The van der Waals surface area contributed by atoms with Gasteiger partial charge in [-0.1, -0.05) is 24.3 Å². The van der Waals surface area contributed by atoms with Crippen LogP contribution in [0.1, 0.15) is 29.6 Å². The van der Waals surface area contributed by atoms with Crippen molar-refractivity contribution in [2.24, 2.45) is 0 Å². The Kier molecular flexibility index (Phi) is 6.98. The summed E-state index contributed by atoms with van der Waals surface area (Å²) < 4.78 is 25.7. The number of hydrogen-bond donors (Lipinski definition) is 2. The lowest BCUT2D eigenvalue weighted by atomic mass is 10.0. The standard InChI is InChI=1S/C26H28FN3O4/c1-16-10-21(17(2)33-16)13-28-12-19-4-6-20(7-5-19)24-9-8-22(11-25(24)27)30-15-23(34-26(30)32)14-29-18(3)31/h4-11,23,28H,12-15H2,1-3H3,(H,29,31)/t23-/m0/s1. The number of rotatable bonds is 8. The molecular formula is C26H28FN3O4. The average molecular weight is 466 g/mol. The molecule has 1 saturated heterocycles.